The van der Waals surface area contributed by atoms with Crippen molar-refractivity contribution in [3.05, 3.63) is 29.8 Å². The Kier molecular flexibility index (Phi) is 9.58. The second-order valence-corrected chi connectivity index (χ2v) is 18.7. The van der Waals surface area contributed by atoms with E-state index in [4.69, 9.17) is 0 Å². The maximum atomic E-state index is 13.0. The summed E-state index contributed by atoms with van der Waals surface area (Å²) in [7, 11) is -2.29. The standard InChI is InChI=1S/C37H60N2O5S/c1-9-27-31-22-25(40)16-19-37(31,7)30-17-20-36(6)28(14-15-29(36)32(30)33(27)41)23(2)18-21-39(8)34(42)38-45(43,44)26-12-10-24(11-13-26)35(3,4)5/h10-13,23,25,27-33,40-41H,9,14-22H2,1-8H3,(H,38,42)/t23-,25-,27-,28-,29+,30+,31?,32+,33-,36?,37?/m1/s1. The zero-order valence-electron chi connectivity index (χ0n) is 29.1. The van der Waals surface area contributed by atoms with Gasteiger partial charge in [0.1, 0.15) is 0 Å². The number of nitrogens with zero attached hydrogens (tertiary/aromatic N) is 1. The van der Waals surface area contributed by atoms with E-state index in [1.807, 2.05) is 0 Å². The molecule has 5 rings (SSSR count). The van der Waals surface area contributed by atoms with E-state index in [-0.39, 0.29) is 39.3 Å². The summed E-state index contributed by atoms with van der Waals surface area (Å²) in [6.07, 6.45) is 8.64. The van der Waals surface area contributed by atoms with Gasteiger partial charge in [-0.05, 0) is 127 Å². The minimum absolute atomic E-state index is 0.0888. The Bertz CT molecular complexity index is 1330. The SMILES string of the molecule is CC[C@@H]1C2C[C@H](O)CCC2(C)[C@H]2CCC3(C)[C@@H]([C@H](C)CCN(C)C(=O)NS(=O)(=O)c4ccc(C(C)(C)C)cc4)CC[C@H]3[C@@H]2[C@@H]1O. The third-order valence-electron chi connectivity index (χ3n) is 13.7. The Balaban J connectivity index is 1.22. The predicted molar refractivity (Wildman–Crippen MR) is 179 cm³/mol. The summed E-state index contributed by atoms with van der Waals surface area (Å²) in [6, 6.07) is 6.14. The molecular weight excluding hydrogens is 584 g/mol. The van der Waals surface area contributed by atoms with Crippen molar-refractivity contribution in [2.75, 3.05) is 13.6 Å². The highest BCUT2D eigenvalue weighted by molar-refractivity contribution is 7.90. The Morgan fingerprint density at radius 2 is 1.62 bits per heavy atom. The molecule has 0 spiro atoms. The quantitative estimate of drug-likeness (QED) is 0.297. The van der Waals surface area contributed by atoms with Crippen LogP contribution < -0.4 is 4.72 Å². The number of nitrogens with one attached hydrogen (secondary N) is 1. The van der Waals surface area contributed by atoms with Crippen LogP contribution in [-0.2, 0) is 15.4 Å². The summed E-state index contributed by atoms with van der Waals surface area (Å²) in [5, 5.41) is 22.5. The molecule has 8 heteroatoms. The first kappa shape index (κ1) is 34.7. The molecule has 11 atom stereocenters. The Morgan fingerprint density at radius 1 is 1.00 bits per heavy atom. The lowest BCUT2D eigenvalue weighted by Crippen LogP contribution is -2.62. The van der Waals surface area contributed by atoms with Crippen LogP contribution >= 0.6 is 0 Å². The molecule has 4 fully saturated rings. The van der Waals surface area contributed by atoms with Gasteiger partial charge in [-0.15, -0.1) is 0 Å². The maximum absolute atomic E-state index is 13.0. The number of aliphatic hydroxyl groups is 2. The third kappa shape index (κ3) is 6.22. The highest BCUT2D eigenvalue weighted by atomic mass is 32.2. The van der Waals surface area contributed by atoms with Gasteiger partial charge in [0.05, 0.1) is 17.1 Å². The molecule has 1 aromatic carbocycles. The van der Waals surface area contributed by atoms with Gasteiger partial charge in [0, 0.05) is 13.6 Å². The lowest BCUT2D eigenvalue weighted by atomic mass is 9.41. The molecule has 3 N–H and O–H groups in total. The minimum Gasteiger partial charge on any atom is -0.393 e. The predicted octanol–water partition coefficient (Wildman–Crippen LogP) is 6.97. The van der Waals surface area contributed by atoms with E-state index in [9.17, 15) is 23.4 Å². The van der Waals surface area contributed by atoms with E-state index in [2.05, 4.69) is 53.2 Å². The first-order chi connectivity index (χ1) is 20.9. The van der Waals surface area contributed by atoms with Crippen molar-refractivity contribution in [1.29, 1.82) is 0 Å². The highest BCUT2D eigenvalue weighted by Gasteiger charge is 2.64. The van der Waals surface area contributed by atoms with Crippen molar-refractivity contribution in [2.45, 2.75) is 129 Å². The van der Waals surface area contributed by atoms with E-state index in [0.717, 1.165) is 56.9 Å². The van der Waals surface area contributed by atoms with E-state index in [1.54, 1.807) is 31.3 Å². The minimum atomic E-state index is -3.97. The van der Waals surface area contributed by atoms with Gasteiger partial charge >= 0.3 is 6.03 Å². The zero-order valence-corrected chi connectivity index (χ0v) is 29.9. The number of carbonyl (C=O) groups is 1. The summed E-state index contributed by atoms with van der Waals surface area (Å²) < 4.78 is 28.2. The van der Waals surface area contributed by atoms with Gasteiger partial charge in [0.25, 0.3) is 10.0 Å². The van der Waals surface area contributed by atoms with Crippen LogP contribution in [-0.4, -0.2) is 55.4 Å². The second kappa shape index (κ2) is 12.4. The lowest BCUT2D eigenvalue weighted by Gasteiger charge is -2.64. The van der Waals surface area contributed by atoms with Crippen LogP contribution in [0.25, 0.3) is 0 Å². The summed E-state index contributed by atoms with van der Waals surface area (Å²) in [6.45, 7) is 16.2. The van der Waals surface area contributed by atoms with Crippen LogP contribution in [0.5, 0.6) is 0 Å². The molecule has 4 aliphatic carbocycles. The molecule has 2 amide bonds. The van der Waals surface area contributed by atoms with E-state index in [1.165, 1.54) is 11.3 Å². The van der Waals surface area contributed by atoms with Gasteiger partial charge in [-0.1, -0.05) is 67.0 Å². The third-order valence-corrected chi connectivity index (χ3v) is 15.0. The van der Waals surface area contributed by atoms with Crippen molar-refractivity contribution >= 4 is 16.1 Å². The molecular formula is C37H60N2O5S. The smallest absolute Gasteiger partial charge is 0.331 e. The van der Waals surface area contributed by atoms with Gasteiger partial charge in [-0.2, -0.15) is 0 Å². The molecule has 0 bridgehead atoms. The monoisotopic (exact) mass is 644 g/mol. The van der Waals surface area contributed by atoms with Crippen molar-refractivity contribution in [2.24, 2.45) is 52.3 Å². The van der Waals surface area contributed by atoms with Crippen molar-refractivity contribution < 1.29 is 23.4 Å². The molecule has 0 heterocycles. The number of rotatable bonds is 7. The molecule has 0 radical (unpaired) electrons. The largest absolute Gasteiger partial charge is 0.393 e. The van der Waals surface area contributed by atoms with Crippen molar-refractivity contribution in [1.82, 2.24) is 9.62 Å². The summed E-state index contributed by atoms with van der Waals surface area (Å²) in [4.78, 5) is 14.6. The number of fused-ring (bicyclic) bond motifs is 5. The van der Waals surface area contributed by atoms with Crippen LogP contribution in [0.4, 0.5) is 4.79 Å². The molecule has 0 aliphatic heterocycles. The molecule has 7 nitrogen and oxygen atoms in total. The number of urea groups is 1. The Hall–Kier alpha value is -1.64. The van der Waals surface area contributed by atoms with Gasteiger partial charge in [-0.25, -0.2) is 17.9 Å². The van der Waals surface area contributed by atoms with E-state index in [0.29, 0.717) is 42.1 Å². The number of hydrogen-bond donors (Lipinski definition) is 3. The van der Waals surface area contributed by atoms with Crippen LogP contribution in [0, 0.1) is 52.3 Å². The number of aliphatic hydroxyl groups excluding tert-OH is 2. The molecule has 4 aliphatic rings. The fraction of sp³-hybridized carbons (Fsp3) is 0.811. The Labute approximate surface area is 273 Å². The first-order valence-corrected chi connectivity index (χ1v) is 19.2. The Morgan fingerprint density at radius 3 is 2.24 bits per heavy atom. The van der Waals surface area contributed by atoms with E-state index >= 15 is 0 Å². The lowest BCUT2D eigenvalue weighted by molar-refractivity contribution is -0.203. The molecule has 254 valence electrons. The zero-order chi connectivity index (χ0) is 33.1. The van der Waals surface area contributed by atoms with Crippen LogP contribution in [0.1, 0.15) is 112 Å². The number of benzene rings is 1. The second-order valence-electron chi connectivity index (χ2n) is 17.0. The first-order valence-electron chi connectivity index (χ1n) is 17.7. The van der Waals surface area contributed by atoms with Gasteiger partial charge < -0.3 is 15.1 Å². The van der Waals surface area contributed by atoms with Crippen LogP contribution in [0.3, 0.4) is 0 Å². The molecule has 4 saturated carbocycles. The molecule has 0 aromatic heterocycles. The topological polar surface area (TPSA) is 107 Å². The summed E-state index contributed by atoms with van der Waals surface area (Å²) in [5.41, 5.74) is 1.29. The number of carbonyl (C=O) groups excluding carboxylic acids is 1. The van der Waals surface area contributed by atoms with Gasteiger partial charge in [-0.3, -0.25) is 0 Å². The van der Waals surface area contributed by atoms with E-state index < -0.39 is 16.1 Å². The number of hydrogen-bond acceptors (Lipinski definition) is 5. The molecule has 3 unspecified atom stereocenters. The van der Waals surface area contributed by atoms with Crippen LogP contribution in [0.2, 0.25) is 0 Å². The summed E-state index contributed by atoms with van der Waals surface area (Å²) >= 11 is 0. The van der Waals surface area contributed by atoms with Crippen LogP contribution in [0.15, 0.2) is 29.2 Å². The van der Waals surface area contributed by atoms with Gasteiger partial charge in [0.2, 0.25) is 0 Å². The molecule has 0 saturated heterocycles. The fourth-order valence-corrected chi connectivity index (χ4v) is 12.0. The number of amides is 2. The van der Waals surface area contributed by atoms with Crippen molar-refractivity contribution in [3.8, 4) is 0 Å². The average molecular weight is 645 g/mol. The number of sulfonamides is 1. The fourth-order valence-electron chi connectivity index (χ4n) is 11.0. The average Bonchev–Trinajstić information content (AvgIpc) is 3.33. The summed E-state index contributed by atoms with van der Waals surface area (Å²) in [5.74, 6) is 2.87. The normalized spacial score (nSPS) is 38.9. The van der Waals surface area contributed by atoms with Crippen molar-refractivity contribution in [3.63, 3.8) is 0 Å². The molecule has 1 aromatic rings. The maximum Gasteiger partial charge on any atom is 0.331 e. The van der Waals surface area contributed by atoms with Gasteiger partial charge in [0.15, 0.2) is 0 Å². The highest BCUT2D eigenvalue weighted by Crippen LogP contribution is 2.69. The molecule has 45 heavy (non-hydrogen) atoms.